The first kappa shape index (κ1) is 12.9. The van der Waals surface area contributed by atoms with Crippen LogP contribution in [0.15, 0.2) is 24.3 Å². The number of nitrogens with zero attached hydrogens (tertiary/aromatic N) is 3. The normalized spacial score (nSPS) is 20.4. The Morgan fingerprint density at radius 3 is 3.00 bits per heavy atom. The van der Waals surface area contributed by atoms with Crippen LogP contribution in [-0.2, 0) is 13.1 Å². The fourth-order valence-corrected chi connectivity index (χ4v) is 3.37. The van der Waals surface area contributed by atoms with Gasteiger partial charge in [0.05, 0.1) is 11.2 Å². The molecule has 0 radical (unpaired) electrons. The standard InChI is InChI=1S/C15H20ClN3/c1-2-19-15-8-4-3-7-13(15)14(17-19)11-18-9-5-6-12(18)10-16/h3-4,7-8,12H,2,5-6,9-11H2,1H3. The van der Waals surface area contributed by atoms with Gasteiger partial charge in [0.25, 0.3) is 0 Å². The first-order chi connectivity index (χ1) is 9.33. The molecule has 1 aromatic carbocycles. The van der Waals surface area contributed by atoms with Crippen LogP contribution in [-0.4, -0.2) is 33.1 Å². The topological polar surface area (TPSA) is 21.1 Å². The molecule has 1 atom stereocenters. The van der Waals surface area contributed by atoms with Crippen LogP contribution < -0.4 is 0 Å². The van der Waals surface area contributed by atoms with Crippen LogP contribution in [0.5, 0.6) is 0 Å². The molecule has 0 N–H and O–H groups in total. The Balaban J connectivity index is 1.92. The molecule has 0 saturated carbocycles. The van der Waals surface area contributed by atoms with Crippen LogP contribution in [0.4, 0.5) is 0 Å². The zero-order valence-corrected chi connectivity index (χ0v) is 12.1. The molecule has 0 spiro atoms. The molecule has 4 heteroatoms. The zero-order chi connectivity index (χ0) is 13.2. The molecule has 0 bridgehead atoms. The number of aromatic nitrogens is 2. The highest BCUT2D eigenvalue weighted by Gasteiger charge is 2.25. The number of para-hydroxylation sites is 1. The predicted octanol–water partition coefficient (Wildman–Crippen LogP) is 3.26. The fraction of sp³-hybridized carbons (Fsp3) is 0.533. The molecular weight excluding hydrogens is 258 g/mol. The zero-order valence-electron chi connectivity index (χ0n) is 11.3. The third-order valence-electron chi connectivity index (χ3n) is 4.06. The van der Waals surface area contributed by atoms with Crippen LogP contribution in [0.3, 0.4) is 0 Å². The molecule has 3 rings (SSSR count). The third-order valence-corrected chi connectivity index (χ3v) is 4.42. The van der Waals surface area contributed by atoms with Crippen LogP contribution >= 0.6 is 11.6 Å². The minimum Gasteiger partial charge on any atom is -0.293 e. The minimum absolute atomic E-state index is 0.521. The van der Waals surface area contributed by atoms with Gasteiger partial charge in [-0.2, -0.15) is 5.10 Å². The van der Waals surface area contributed by atoms with Gasteiger partial charge in [-0.15, -0.1) is 11.6 Å². The van der Waals surface area contributed by atoms with Crippen molar-refractivity contribution in [1.82, 2.24) is 14.7 Å². The summed E-state index contributed by atoms with van der Waals surface area (Å²) in [5, 5.41) is 6.05. The lowest BCUT2D eigenvalue weighted by molar-refractivity contribution is 0.259. The summed E-state index contributed by atoms with van der Waals surface area (Å²) >= 11 is 6.05. The van der Waals surface area contributed by atoms with Crippen molar-refractivity contribution in [3.05, 3.63) is 30.0 Å². The van der Waals surface area contributed by atoms with Crippen molar-refractivity contribution < 1.29 is 0 Å². The highest BCUT2D eigenvalue weighted by molar-refractivity contribution is 6.18. The first-order valence-electron chi connectivity index (χ1n) is 7.08. The average molecular weight is 278 g/mol. The van der Waals surface area contributed by atoms with E-state index in [0.717, 1.165) is 25.5 Å². The van der Waals surface area contributed by atoms with Crippen LogP contribution in [0.2, 0.25) is 0 Å². The Morgan fingerprint density at radius 2 is 2.21 bits per heavy atom. The molecule has 2 heterocycles. The number of hydrogen-bond donors (Lipinski definition) is 0. The second-order valence-electron chi connectivity index (χ2n) is 5.20. The maximum atomic E-state index is 6.05. The van der Waals surface area contributed by atoms with Crippen molar-refractivity contribution in [3.8, 4) is 0 Å². The number of hydrogen-bond acceptors (Lipinski definition) is 2. The molecule has 3 nitrogen and oxygen atoms in total. The van der Waals surface area contributed by atoms with Gasteiger partial charge in [0, 0.05) is 30.4 Å². The van der Waals surface area contributed by atoms with E-state index in [1.54, 1.807) is 0 Å². The van der Waals surface area contributed by atoms with E-state index < -0.39 is 0 Å². The van der Waals surface area contributed by atoms with Crippen molar-refractivity contribution in [3.63, 3.8) is 0 Å². The average Bonchev–Trinajstić information content (AvgIpc) is 3.04. The van der Waals surface area contributed by atoms with Gasteiger partial charge >= 0.3 is 0 Å². The third kappa shape index (κ3) is 2.37. The van der Waals surface area contributed by atoms with E-state index in [2.05, 4.69) is 40.8 Å². The Kier molecular flexibility index (Phi) is 3.76. The van der Waals surface area contributed by atoms with Crippen LogP contribution in [0, 0.1) is 0 Å². The number of halogens is 1. The van der Waals surface area contributed by atoms with Crippen LogP contribution in [0.1, 0.15) is 25.5 Å². The van der Waals surface area contributed by atoms with Gasteiger partial charge in [-0.25, -0.2) is 0 Å². The summed E-state index contributed by atoms with van der Waals surface area (Å²) in [6.45, 7) is 5.12. The van der Waals surface area contributed by atoms with E-state index in [1.165, 1.54) is 29.4 Å². The molecule has 0 amide bonds. The molecule has 0 aliphatic carbocycles. The minimum atomic E-state index is 0.521. The summed E-state index contributed by atoms with van der Waals surface area (Å²) in [5.74, 6) is 0.729. The highest BCUT2D eigenvalue weighted by Crippen LogP contribution is 2.24. The summed E-state index contributed by atoms with van der Waals surface area (Å²) in [6, 6.07) is 9.02. The summed E-state index contributed by atoms with van der Waals surface area (Å²) in [6.07, 6.45) is 2.47. The predicted molar refractivity (Wildman–Crippen MR) is 79.6 cm³/mol. The largest absolute Gasteiger partial charge is 0.293 e. The molecule has 1 fully saturated rings. The van der Waals surface area contributed by atoms with Gasteiger partial charge in [-0.1, -0.05) is 18.2 Å². The number of benzene rings is 1. The lowest BCUT2D eigenvalue weighted by Crippen LogP contribution is -2.30. The first-order valence-corrected chi connectivity index (χ1v) is 7.61. The maximum absolute atomic E-state index is 6.05. The molecule has 1 aromatic heterocycles. The van der Waals surface area contributed by atoms with E-state index in [4.69, 9.17) is 16.7 Å². The van der Waals surface area contributed by atoms with E-state index in [1.807, 2.05) is 0 Å². The molecule has 1 unspecified atom stereocenters. The van der Waals surface area contributed by atoms with Gasteiger partial charge in [0.2, 0.25) is 0 Å². The fourth-order valence-electron chi connectivity index (χ4n) is 3.02. The Hall–Kier alpha value is -1.06. The number of fused-ring (bicyclic) bond motifs is 1. The number of likely N-dealkylation sites (tertiary alicyclic amines) is 1. The second kappa shape index (κ2) is 5.51. The Bertz CT molecular complexity index is 564. The molecule has 2 aromatic rings. The number of rotatable bonds is 4. The summed E-state index contributed by atoms with van der Waals surface area (Å²) < 4.78 is 2.09. The molecule has 102 valence electrons. The molecule has 1 aliphatic rings. The summed E-state index contributed by atoms with van der Waals surface area (Å²) in [7, 11) is 0. The smallest absolute Gasteiger partial charge is 0.0843 e. The van der Waals surface area contributed by atoms with Crippen molar-refractivity contribution >= 4 is 22.5 Å². The van der Waals surface area contributed by atoms with Gasteiger partial charge in [-0.05, 0) is 32.4 Å². The molecule has 1 saturated heterocycles. The van der Waals surface area contributed by atoms with E-state index in [0.29, 0.717) is 6.04 Å². The van der Waals surface area contributed by atoms with Gasteiger partial charge in [0.15, 0.2) is 0 Å². The molecular formula is C15H20ClN3. The van der Waals surface area contributed by atoms with E-state index in [-0.39, 0.29) is 0 Å². The van der Waals surface area contributed by atoms with Gasteiger partial charge < -0.3 is 0 Å². The molecule has 1 aliphatic heterocycles. The summed E-state index contributed by atoms with van der Waals surface area (Å²) in [5.41, 5.74) is 2.43. The van der Waals surface area contributed by atoms with E-state index >= 15 is 0 Å². The van der Waals surface area contributed by atoms with Crippen molar-refractivity contribution in [2.45, 2.75) is 38.9 Å². The quantitative estimate of drug-likeness (QED) is 0.800. The monoisotopic (exact) mass is 277 g/mol. The lowest BCUT2D eigenvalue weighted by Gasteiger charge is -2.21. The van der Waals surface area contributed by atoms with Gasteiger partial charge in [-0.3, -0.25) is 9.58 Å². The Labute approximate surface area is 119 Å². The number of aryl methyl sites for hydroxylation is 1. The maximum Gasteiger partial charge on any atom is 0.0843 e. The SMILES string of the molecule is CCn1nc(CN2CCCC2CCl)c2ccccc21. The van der Waals surface area contributed by atoms with Crippen molar-refractivity contribution in [1.29, 1.82) is 0 Å². The molecule has 19 heavy (non-hydrogen) atoms. The highest BCUT2D eigenvalue weighted by atomic mass is 35.5. The summed E-state index contributed by atoms with van der Waals surface area (Å²) in [4.78, 5) is 2.47. The number of alkyl halides is 1. The van der Waals surface area contributed by atoms with E-state index in [9.17, 15) is 0 Å². The van der Waals surface area contributed by atoms with Crippen LogP contribution in [0.25, 0.3) is 10.9 Å². The van der Waals surface area contributed by atoms with Crippen molar-refractivity contribution in [2.24, 2.45) is 0 Å². The van der Waals surface area contributed by atoms with Crippen molar-refractivity contribution in [2.75, 3.05) is 12.4 Å². The lowest BCUT2D eigenvalue weighted by atomic mass is 10.2. The van der Waals surface area contributed by atoms with Gasteiger partial charge in [0.1, 0.15) is 0 Å². The second-order valence-corrected chi connectivity index (χ2v) is 5.51. The Morgan fingerprint density at radius 1 is 1.37 bits per heavy atom.